The van der Waals surface area contributed by atoms with Gasteiger partial charge in [-0.15, -0.1) is 0 Å². The van der Waals surface area contributed by atoms with E-state index in [0.29, 0.717) is 0 Å². The van der Waals surface area contributed by atoms with Crippen molar-refractivity contribution in [3.63, 3.8) is 0 Å². The molecule has 0 aromatic rings. The van der Waals surface area contributed by atoms with E-state index < -0.39 is 0 Å². The molecule has 21 heavy (non-hydrogen) atoms. The summed E-state index contributed by atoms with van der Waals surface area (Å²) in [6.45, 7) is 14.2. The summed E-state index contributed by atoms with van der Waals surface area (Å²) in [5.74, 6) is 0.888. The molecule has 0 unspecified atom stereocenters. The quantitative estimate of drug-likeness (QED) is 0.379. The molecule has 0 saturated heterocycles. The van der Waals surface area contributed by atoms with Gasteiger partial charge in [-0.25, -0.2) is 0 Å². The highest BCUT2D eigenvalue weighted by Crippen LogP contribution is 2.30. The van der Waals surface area contributed by atoms with Gasteiger partial charge in [-0.05, 0) is 56.3 Å². The Bertz CT molecular complexity index is 442. The maximum absolute atomic E-state index is 4.61. The first kappa shape index (κ1) is 17.7. The molecule has 0 N–H and O–H groups in total. The summed E-state index contributed by atoms with van der Waals surface area (Å²) in [5.41, 5.74) is 4.63. The van der Waals surface area contributed by atoms with E-state index in [4.69, 9.17) is 0 Å². The predicted molar refractivity (Wildman–Crippen MR) is 95.8 cm³/mol. The molecule has 1 nitrogen and oxygen atoms in total. The van der Waals surface area contributed by atoms with Crippen LogP contribution in [0.25, 0.3) is 0 Å². The topological polar surface area (TPSA) is 12.4 Å². The molecule has 1 saturated carbocycles. The van der Waals surface area contributed by atoms with Crippen molar-refractivity contribution in [3.8, 4) is 0 Å². The van der Waals surface area contributed by atoms with Crippen LogP contribution in [-0.2, 0) is 0 Å². The van der Waals surface area contributed by atoms with E-state index in [9.17, 15) is 0 Å². The molecule has 0 aromatic heterocycles. The first-order chi connectivity index (χ1) is 10.1. The largest absolute Gasteiger partial charge is 0.257 e. The van der Waals surface area contributed by atoms with Gasteiger partial charge in [0.25, 0.3) is 0 Å². The first-order valence-electron chi connectivity index (χ1n) is 8.27. The summed E-state index contributed by atoms with van der Waals surface area (Å²) in [6.07, 6.45) is 15.2. The van der Waals surface area contributed by atoms with Gasteiger partial charge in [0.05, 0.1) is 5.71 Å². The second kappa shape index (κ2) is 9.55. The number of hydrogen-bond acceptors (Lipinski definition) is 1. The van der Waals surface area contributed by atoms with Crippen LogP contribution in [0.3, 0.4) is 0 Å². The summed E-state index contributed by atoms with van der Waals surface area (Å²) >= 11 is 0. The number of rotatable bonds is 7. The molecule has 0 amide bonds. The molecule has 0 aromatic carbocycles. The Kier molecular flexibility index (Phi) is 8.04. The predicted octanol–water partition coefficient (Wildman–Crippen LogP) is 6.40. The zero-order valence-corrected chi connectivity index (χ0v) is 14.1. The van der Waals surface area contributed by atoms with Gasteiger partial charge in [0.15, 0.2) is 0 Å². The molecule has 0 bridgehead atoms. The van der Waals surface area contributed by atoms with E-state index in [1.165, 1.54) is 49.7 Å². The molecule has 0 atom stereocenters. The van der Waals surface area contributed by atoms with Gasteiger partial charge < -0.3 is 0 Å². The van der Waals surface area contributed by atoms with Crippen LogP contribution in [0.15, 0.2) is 53.2 Å². The Hall–Kier alpha value is -1.37. The van der Waals surface area contributed by atoms with E-state index in [1.807, 2.05) is 32.2 Å². The SMILES string of the molecule is C=C\C(C)=C(CCC1CCCCC1)/C(=N\C=C/C)C(=C)C. The minimum Gasteiger partial charge on any atom is -0.257 e. The number of nitrogens with zero attached hydrogens (tertiary/aromatic N) is 1. The van der Waals surface area contributed by atoms with Crippen molar-refractivity contribution in [2.24, 2.45) is 10.9 Å². The molecule has 116 valence electrons. The van der Waals surface area contributed by atoms with Crippen molar-refractivity contribution in [2.45, 2.75) is 65.7 Å². The lowest BCUT2D eigenvalue weighted by atomic mass is 9.83. The zero-order chi connectivity index (χ0) is 15.7. The van der Waals surface area contributed by atoms with Crippen LogP contribution in [0.1, 0.15) is 65.7 Å². The second-order valence-corrected chi connectivity index (χ2v) is 6.15. The van der Waals surface area contributed by atoms with Gasteiger partial charge in [0, 0.05) is 6.20 Å². The van der Waals surface area contributed by atoms with Crippen molar-refractivity contribution in [1.29, 1.82) is 0 Å². The molecule has 1 aliphatic carbocycles. The van der Waals surface area contributed by atoms with Gasteiger partial charge >= 0.3 is 0 Å². The fraction of sp³-hybridized carbons (Fsp3) is 0.550. The molecule has 0 radical (unpaired) electrons. The Balaban J connectivity index is 2.89. The number of allylic oxidation sites excluding steroid dienone is 5. The van der Waals surface area contributed by atoms with Crippen LogP contribution >= 0.6 is 0 Å². The van der Waals surface area contributed by atoms with Crippen molar-refractivity contribution in [1.82, 2.24) is 0 Å². The molecule has 1 fully saturated rings. The van der Waals surface area contributed by atoms with Gasteiger partial charge in [-0.3, -0.25) is 4.99 Å². The van der Waals surface area contributed by atoms with Crippen LogP contribution in [0.4, 0.5) is 0 Å². The lowest BCUT2D eigenvalue weighted by Crippen LogP contribution is -2.11. The first-order valence-corrected chi connectivity index (χ1v) is 8.27. The monoisotopic (exact) mass is 285 g/mol. The molecule has 1 heteroatoms. The Morgan fingerprint density at radius 2 is 1.86 bits per heavy atom. The molecule has 1 rings (SSSR count). The van der Waals surface area contributed by atoms with Crippen molar-refractivity contribution in [2.75, 3.05) is 0 Å². The highest BCUT2D eigenvalue weighted by Gasteiger charge is 2.16. The normalized spacial score (nSPS) is 18.7. The second-order valence-electron chi connectivity index (χ2n) is 6.15. The van der Waals surface area contributed by atoms with Gasteiger partial charge in [0.1, 0.15) is 0 Å². The average molecular weight is 285 g/mol. The van der Waals surface area contributed by atoms with Crippen LogP contribution in [0.5, 0.6) is 0 Å². The third-order valence-corrected chi connectivity index (χ3v) is 4.35. The molecule has 0 heterocycles. The van der Waals surface area contributed by atoms with Gasteiger partial charge in [-0.2, -0.15) is 0 Å². The van der Waals surface area contributed by atoms with E-state index in [-0.39, 0.29) is 0 Å². The maximum Gasteiger partial charge on any atom is 0.0687 e. The molecule has 0 spiro atoms. The smallest absolute Gasteiger partial charge is 0.0687 e. The fourth-order valence-electron chi connectivity index (χ4n) is 3.04. The number of aliphatic imine (C=N–C) groups is 1. The standard InChI is InChI=1S/C20H31N/c1-6-15-21-20(16(3)4)19(17(5)7-2)14-13-18-11-9-8-10-12-18/h6-7,15,18H,2-3,8-14H2,1,4-5H3/b15-6-,19-17-,21-20-. The van der Waals surface area contributed by atoms with Crippen LogP contribution in [0.2, 0.25) is 0 Å². The minimum absolute atomic E-state index is 0.888. The third kappa shape index (κ3) is 5.87. The summed E-state index contributed by atoms with van der Waals surface area (Å²) in [6, 6.07) is 0. The van der Waals surface area contributed by atoms with Gasteiger partial charge in [0.2, 0.25) is 0 Å². The van der Waals surface area contributed by atoms with Crippen molar-refractivity contribution >= 4 is 5.71 Å². The van der Waals surface area contributed by atoms with E-state index in [1.54, 1.807) is 0 Å². The summed E-state index contributed by atoms with van der Waals surface area (Å²) in [7, 11) is 0. The van der Waals surface area contributed by atoms with E-state index in [2.05, 4.69) is 25.1 Å². The Morgan fingerprint density at radius 1 is 1.19 bits per heavy atom. The highest BCUT2D eigenvalue weighted by atomic mass is 14.7. The van der Waals surface area contributed by atoms with E-state index >= 15 is 0 Å². The van der Waals surface area contributed by atoms with Crippen LogP contribution in [-0.4, -0.2) is 5.71 Å². The summed E-state index contributed by atoms with van der Waals surface area (Å²) in [5, 5.41) is 0. The van der Waals surface area contributed by atoms with Gasteiger partial charge in [-0.1, -0.05) is 57.4 Å². The lowest BCUT2D eigenvalue weighted by molar-refractivity contribution is 0.340. The van der Waals surface area contributed by atoms with E-state index in [0.717, 1.165) is 23.6 Å². The molecular formula is C20H31N. The van der Waals surface area contributed by atoms with Crippen molar-refractivity contribution < 1.29 is 0 Å². The molecule has 0 aliphatic heterocycles. The average Bonchev–Trinajstić information content (AvgIpc) is 2.50. The van der Waals surface area contributed by atoms with Crippen LogP contribution in [0, 0.1) is 5.92 Å². The summed E-state index contributed by atoms with van der Waals surface area (Å²) in [4.78, 5) is 4.61. The van der Waals surface area contributed by atoms with Crippen molar-refractivity contribution in [3.05, 3.63) is 48.2 Å². The third-order valence-electron chi connectivity index (χ3n) is 4.35. The minimum atomic E-state index is 0.888. The highest BCUT2D eigenvalue weighted by molar-refractivity contribution is 6.12. The fourth-order valence-corrected chi connectivity index (χ4v) is 3.04. The molecular weight excluding hydrogens is 254 g/mol. The van der Waals surface area contributed by atoms with Crippen LogP contribution < -0.4 is 0 Å². The Morgan fingerprint density at radius 3 is 2.38 bits per heavy atom. The number of hydrogen-bond donors (Lipinski definition) is 0. The lowest BCUT2D eigenvalue weighted by Gasteiger charge is -2.23. The molecule has 1 aliphatic rings. The summed E-state index contributed by atoms with van der Waals surface area (Å²) < 4.78 is 0. The maximum atomic E-state index is 4.61. The zero-order valence-electron chi connectivity index (χ0n) is 14.1. The Labute approximate surface area is 131 Å².